The molecule has 1 heteroatoms. The highest BCUT2D eigenvalue weighted by atomic mass is 15.1. The minimum atomic E-state index is -0.451. The normalized spacial score (nSPS) is 15.3. The average Bonchev–Trinajstić information content (AvgIpc) is 3.53. The summed E-state index contributed by atoms with van der Waals surface area (Å²) in [7, 11) is 0. The average molecular weight is 676 g/mol. The largest absolute Gasteiger partial charge is 0.311 e. The molecule has 1 aliphatic rings. The summed E-state index contributed by atoms with van der Waals surface area (Å²) in [4.78, 5) is 2.00. The van der Waals surface area contributed by atoms with Crippen molar-refractivity contribution >= 4 is 17.1 Å². The summed E-state index contributed by atoms with van der Waals surface area (Å²) in [5.74, 6) is 0. The van der Waals surface area contributed by atoms with Gasteiger partial charge in [-0.1, -0.05) is 171 Å². The highest BCUT2D eigenvalue weighted by Crippen LogP contribution is 2.49. The van der Waals surface area contributed by atoms with Crippen LogP contribution in [0.4, 0.5) is 17.1 Å². The first-order chi connectivity index (χ1) is 29.7. The fourth-order valence-electron chi connectivity index (χ4n) is 7.33. The lowest BCUT2D eigenvalue weighted by Gasteiger charge is -2.26. The van der Waals surface area contributed by atoms with Crippen LogP contribution in [0.2, 0.25) is 0 Å². The van der Waals surface area contributed by atoms with Crippen molar-refractivity contribution in [1.82, 2.24) is 0 Å². The quantitative estimate of drug-likeness (QED) is 0.162. The van der Waals surface area contributed by atoms with E-state index in [1.165, 1.54) is 22.3 Å². The fraction of sp³-hybridized carbons (Fsp3) is 0.0588. The minimum absolute atomic E-state index is 0.0870. The summed E-state index contributed by atoms with van der Waals surface area (Å²) in [6.45, 7) is 4.57. The molecule has 0 heterocycles. The van der Waals surface area contributed by atoms with Gasteiger partial charge < -0.3 is 4.90 Å². The van der Waals surface area contributed by atoms with Crippen LogP contribution in [0.25, 0.3) is 55.6 Å². The van der Waals surface area contributed by atoms with Crippen LogP contribution in [-0.4, -0.2) is 0 Å². The first-order valence-electron chi connectivity index (χ1n) is 22.3. The summed E-state index contributed by atoms with van der Waals surface area (Å²) >= 11 is 0. The number of hydrogen-bond donors (Lipinski definition) is 0. The fourth-order valence-corrected chi connectivity index (χ4v) is 7.33. The second-order valence-electron chi connectivity index (χ2n) is 13.5. The zero-order valence-corrected chi connectivity index (χ0v) is 28.7. The number of hydrogen-bond acceptors (Lipinski definition) is 1. The van der Waals surface area contributed by atoms with E-state index in [1.54, 1.807) is 24.3 Å². The minimum Gasteiger partial charge on any atom is -0.311 e. The van der Waals surface area contributed by atoms with E-state index in [2.05, 4.69) is 92.7 Å². The first kappa shape index (κ1) is 22.4. The predicted molar refractivity (Wildman–Crippen MR) is 220 cm³/mol. The van der Waals surface area contributed by atoms with E-state index >= 15 is 0 Å². The molecule has 0 radical (unpaired) electrons. The second-order valence-corrected chi connectivity index (χ2v) is 13.5. The van der Waals surface area contributed by atoms with Crippen LogP contribution >= 0.6 is 0 Å². The van der Waals surface area contributed by atoms with Gasteiger partial charge in [0.2, 0.25) is 0 Å². The molecule has 0 saturated carbocycles. The summed E-state index contributed by atoms with van der Waals surface area (Å²) in [6, 6.07) is 42.7. The molecule has 9 rings (SSSR count). The van der Waals surface area contributed by atoms with E-state index in [9.17, 15) is 0 Å². The topological polar surface area (TPSA) is 3.24 Å². The van der Waals surface area contributed by atoms with E-state index in [-0.39, 0.29) is 40.7 Å². The Bertz CT molecular complexity index is 2900. The van der Waals surface area contributed by atoms with Gasteiger partial charge in [-0.2, -0.15) is 0 Å². The van der Waals surface area contributed by atoms with Gasteiger partial charge in [0.1, 0.15) is 0 Å². The summed E-state index contributed by atoms with van der Waals surface area (Å²) in [5, 5.41) is 0. The molecule has 0 bridgehead atoms. The highest BCUT2D eigenvalue weighted by Gasteiger charge is 2.35. The van der Waals surface area contributed by atoms with E-state index in [1.807, 2.05) is 41.3 Å². The third kappa shape index (κ3) is 5.71. The maximum atomic E-state index is 8.51. The van der Waals surface area contributed by atoms with Gasteiger partial charge in [-0.3, -0.25) is 0 Å². The van der Waals surface area contributed by atoms with Gasteiger partial charge in [-0.25, -0.2) is 0 Å². The van der Waals surface area contributed by atoms with Gasteiger partial charge in [0.25, 0.3) is 0 Å². The van der Waals surface area contributed by atoms with Crippen LogP contribution in [0.3, 0.4) is 0 Å². The van der Waals surface area contributed by atoms with Crippen molar-refractivity contribution < 1.29 is 13.7 Å². The second kappa shape index (κ2) is 13.0. The van der Waals surface area contributed by atoms with Gasteiger partial charge >= 0.3 is 0 Å². The Morgan fingerprint density at radius 2 is 0.731 bits per heavy atom. The van der Waals surface area contributed by atoms with E-state index in [4.69, 9.17) is 13.7 Å². The standard InChI is InChI=1S/C51H39N/c1-51(2)49-16-10-9-15-47(49)48-34-27-43(35-50(48)51)42-19-17-38(18-20-42)41-25-32-46(33-26-41)52(44-28-21-39(22-29-44)36-11-5-3-6-12-36)45-30-23-40(24-31-45)37-13-7-4-8-14-37/h3-35H,1-2H3/i3D,4D,5D,6D,7D,8D,11D,12D,13D,14D. The van der Waals surface area contributed by atoms with Gasteiger partial charge in [0.15, 0.2) is 0 Å². The van der Waals surface area contributed by atoms with Crippen molar-refractivity contribution in [3.05, 3.63) is 211 Å². The maximum Gasteiger partial charge on any atom is 0.0629 e. The molecule has 8 aromatic carbocycles. The third-order valence-electron chi connectivity index (χ3n) is 10.1. The molecular weight excluding hydrogens is 627 g/mol. The molecule has 1 aliphatic carbocycles. The zero-order chi connectivity index (χ0) is 43.8. The molecule has 0 aliphatic heterocycles. The molecule has 52 heavy (non-hydrogen) atoms. The number of benzene rings is 8. The number of anilines is 3. The van der Waals surface area contributed by atoms with Gasteiger partial charge in [0.05, 0.1) is 13.7 Å². The SMILES string of the molecule is [2H]c1c([2H])c([2H])c(-c2ccc(N(c3ccc(-c4ccc(-c5ccc6c(c5)C(C)(C)c5ccccc5-6)cc4)cc3)c3ccc(-c4c([2H])c([2H])c([2H])c([2H])c4[2H])cc3)cc2)c([2H])c1[2H]. The molecule has 0 amide bonds. The maximum absolute atomic E-state index is 8.51. The smallest absolute Gasteiger partial charge is 0.0629 e. The van der Waals surface area contributed by atoms with Crippen LogP contribution < -0.4 is 4.90 Å². The van der Waals surface area contributed by atoms with Crippen molar-refractivity contribution in [3.8, 4) is 55.6 Å². The van der Waals surface area contributed by atoms with Crippen LogP contribution in [0.5, 0.6) is 0 Å². The highest BCUT2D eigenvalue weighted by molar-refractivity contribution is 5.85. The molecule has 8 aromatic rings. The van der Waals surface area contributed by atoms with Crippen molar-refractivity contribution in [2.45, 2.75) is 19.3 Å². The molecular formula is C51H39N. The summed E-state index contributed by atoms with van der Waals surface area (Å²) in [5.41, 5.74) is 12.9. The number of nitrogens with zero attached hydrogens (tertiary/aromatic N) is 1. The summed E-state index contributed by atoms with van der Waals surface area (Å²) < 4.78 is 82.8. The molecule has 1 nitrogen and oxygen atoms in total. The van der Waals surface area contributed by atoms with Gasteiger partial charge in [-0.15, -0.1) is 0 Å². The Morgan fingerprint density at radius 3 is 1.21 bits per heavy atom. The summed E-state index contributed by atoms with van der Waals surface area (Å²) in [6.07, 6.45) is 0. The van der Waals surface area contributed by atoms with Crippen molar-refractivity contribution in [1.29, 1.82) is 0 Å². The zero-order valence-electron chi connectivity index (χ0n) is 38.7. The Balaban J connectivity index is 1.06. The van der Waals surface area contributed by atoms with Crippen LogP contribution in [0, 0.1) is 0 Å². The molecule has 0 N–H and O–H groups in total. The first-order valence-corrected chi connectivity index (χ1v) is 17.3. The molecule has 0 spiro atoms. The molecule has 0 atom stereocenters. The number of rotatable bonds is 7. The van der Waals surface area contributed by atoms with E-state index < -0.39 is 36.3 Å². The number of fused-ring (bicyclic) bond motifs is 3. The molecule has 0 unspecified atom stereocenters. The monoisotopic (exact) mass is 675 g/mol. The Kier molecular flexibility index (Phi) is 5.61. The Labute approximate surface area is 321 Å². The third-order valence-corrected chi connectivity index (χ3v) is 10.1. The predicted octanol–water partition coefficient (Wildman–Crippen LogP) is 14.1. The van der Waals surface area contributed by atoms with Crippen LogP contribution in [0.15, 0.2) is 200 Å². The van der Waals surface area contributed by atoms with E-state index in [0.717, 1.165) is 39.3 Å². The molecule has 0 saturated heterocycles. The van der Waals surface area contributed by atoms with Gasteiger partial charge in [0, 0.05) is 22.5 Å². The van der Waals surface area contributed by atoms with Crippen molar-refractivity contribution in [2.24, 2.45) is 0 Å². The lowest BCUT2D eigenvalue weighted by atomic mass is 9.81. The Hall–Kier alpha value is -6.44. The van der Waals surface area contributed by atoms with Crippen molar-refractivity contribution in [3.63, 3.8) is 0 Å². The van der Waals surface area contributed by atoms with E-state index in [0.29, 0.717) is 11.1 Å². The molecule has 0 aromatic heterocycles. The molecule has 0 fully saturated rings. The van der Waals surface area contributed by atoms with Crippen LogP contribution in [-0.2, 0) is 5.41 Å². The Morgan fingerprint density at radius 1 is 0.365 bits per heavy atom. The van der Waals surface area contributed by atoms with Crippen LogP contribution in [0.1, 0.15) is 38.7 Å². The van der Waals surface area contributed by atoms with Gasteiger partial charge in [-0.05, 0) is 109 Å². The lowest BCUT2D eigenvalue weighted by Crippen LogP contribution is -2.14. The lowest BCUT2D eigenvalue weighted by molar-refractivity contribution is 0.660. The van der Waals surface area contributed by atoms with Crippen molar-refractivity contribution in [2.75, 3.05) is 4.90 Å². The molecule has 248 valence electrons.